The Labute approximate surface area is 134 Å². The van der Waals surface area contributed by atoms with Crippen molar-refractivity contribution < 1.29 is 0 Å². The lowest BCUT2D eigenvalue weighted by Crippen LogP contribution is -2.07. The minimum atomic E-state index is 0.918. The fraction of sp³-hybridized carbons (Fsp3) is 0.111. The number of imidazole rings is 1. The van der Waals surface area contributed by atoms with Crippen molar-refractivity contribution in [3.8, 4) is 22.5 Å². The number of benzene rings is 2. The molecule has 23 heavy (non-hydrogen) atoms. The average Bonchev–Trinajstić information content (AvgIpc) is 3.23. The lowest BCUT2D eigenvalue weighted by Gasteiger charge is -2.12. The molecule has 0 bridgehead atoms. The number of aromatic amines is 2. The van der Waals surface area contributed by atoms with E-state index in [1.807, 2.05) is 26.2 Å². The van der Waals surface area contributed by atoms with Gasteiger partial charge in [-0.15, -0.1) is 0 Å². The Morgan fingerprint density at radius 2 is 1.70 bits per heavy atom. The summed E-state index contributed by atoms with van der Waals surface area (Å²) < 4.78 is 0. The molecule has 0 saturated heterocycles. The van der Waals surface area contributed by atoms with E-state index in [1.54, 1.807) is 6.33 Å². The molecule has 2 N–H and O–H groups in total. The van der Waals surface area contributed by atoms with Crippen molar-refractivity contribution in [1.82, 2.24) is 20.2 Å². The van der Waals surface area contributed by atoms with Crippen molar-refractivity contribution in [2.75, 3.05) is 19.0 Å². The second kappa shape index (κ2) is 5.28. The average molecular weight is 303 g/mol. The zero-order valence-corrected chi connectivity index (χ0v) is 13.0. The lowest BCUT2D eigenvalue weighted by atomic mass is 10.1. The molecule has 114 valence electrons. The van der Waals surface area contributed by atoms with E-state index in [0.29, 0.717) is 0 Å². The SMILES string of the molecule is CN(C)c1ccc(-c2cc(-c3ccc4[nH]cnc4c3)n[nH]2)cc1. The molecule has 0 saturated carbocycles. The van der Waals surface area contributed by atoms with Gasteiger partial charge in [0, 0.05) is 25.3 Å². The third kappa shape index (κ3) is 2.46. The van der Waals surface area contributed by atoms with Crippen LogP contribution in [0.25, 0.3) is 33.5 Å². The first-order chi connectivity index (χ1) is 11.2. The van der Waals surface area contributed by atoms with Gasteiger partial charge in [0.05, 0.1) is 28.7 Å². The van der Waals surface area contributed by atoms with E-state index in [4.69, 9.17) is 0 Å². The Kier molecular flexibility index (Phi) is 3.12. The maximum absolute atomic E-state index is 4.44. The van der Waals surface area contributed by atoms with Gasteiger partial charge >= 0.3 is 0 Å². The van der Waals surface area contributed by atoms with Gasteiger partial charge in [0.25, 0.3) is 0 Å². The van der Waals surface area contributed by atoms with E-state index in [-0.39, 0.29) is 0 Å². The minimum absolute atomic E-state index is 0.918. The van der Waals surface area contributed by atoms with Crippen LogP contribution in [-0.4, -0.2) is 34.3 Å². The Bertz CT molecular complexity index is 947. The molecule has 0 unspecified atom stereocenters. The zero-order valence-electron chi connectivity index (χ0n) is 13.0. The van der Waals surface area contributed by atoms with Crippen LogP contribution in [0.2, 0.25) is 0 Å². The maximum Gasteiger partial charge on any atom is 0.0931 e. The number of nitrogens with one attached hydrogen (secondary N) is 2. The summed E-state index contributed by atoms with van der Waals surface area (Å²) in [7, 11) is 4.07. The van der Waals surface area contributed by atoms with Crippen LogP contribution in [-0.2, 0) is 0 Å². The van der Waals surface area contributed by atoms with E-state index in [1.165, 1.54) is 5.69 Å². The van der Waals surface area contributed by atoms with Crippen LogP contribution in [0.4, 0.5) is 5.69 Å². The summed E-state index contributed by atoms with van der Waals surface area (Å²) in [6.07, 6.45) is 1.71. The van der Waals surface area contributed by atoms with E-state index < -0.39 is 0 Å². The largest absolute Gasteiger partial charge is 0.378 e. The number of aromatic nitrogens is 4. The Morgan fingerprint density at radius 1 is 0.913 bits per heavy atom. The van der Waals surface area contributed by atoms with E-state index in [0.717, 1.165) is 33.5 Å². The van der Waals surface area contributed by atoms with Crippen molar-refractivity contribution in [3.63, 3.8) is 0 Å². The molecule has 0 aliphatic heterocycles. The predicted molar refractivity (Wildman–Crippen MR) is 93.4 cm³/mol. The normalized spacial score (nSPS) is 11.0. The van der Waals surface area contributed by atoms with Crippen molar-refractivity contribution >= 4 is 16.7 Å². The minimum Gasteiger partial charge on any atom is -0.378 e. The van der Waals surface area contributed by atoms with Gasteiger partial charge in [-0.05, 0) is 35.9 Å². The highest BCUT2D eigenvalue weighted by Crippen LogP contribution is 2.26. The van der Waals surface area contributed by atoms with Crippen LogP contribution in [0, 0.1) is 0 Å². The molecule has 2 aromatic heterocycles. The molecule has 4 rings (SSSR count). The first-order valence-corrected chi connectivity index (χ1v) is 7.47. The number of H-pyrrole nitrogens is 2. The van der Waals surface area contributed by atoms with E-state index >= 15 is 0 Å². The molecule has 4 aromatic rings. The summed E-state index contributed by atoms with van der Waals surface area (Å²) in [5.74, 6) is 0. The van der Waals surface area contributed by atoms with Gasteiger partial charge in [-0.25, -0.2) is 4.98 Å². The smallest absolute Gasteiger partial charge is 0.0931 e. The summed E-state index contributed by atoms with van der Waals surface area (Å²) in [6.45, 7) is 0. The van der Waals surface area contributed by atoms with Crippen LogP contribution < -0.4 is 4.90 Å². The van der Waals surface area contributed by atoms with Crippen molar-refractivity contribution in [1.29, 1.82) is 0 Å². The van der Waals surface area contributed by atoms with Crippen molar-refractivity contribution in [2.24, 2.45) is 0 Å². The first-order valence-electron chi connectivity index (χ1n) is 7.47. The predicted octanol–water partition coefficient (Wildman–Crippen LogP) is 3.69. The molecule has 0 fully saturated rings. The van der Waals surface area contributed by atoms with Crippen LogP contribution in [0.1, 0.15) is 0 Å². The van der Waals surface area contributed by atoms with Crippen molar-refractivity contribution in [2.45, 2.75) is 0 Å². The third-order valence-electron chi connectivity index (χ3n) is 3.99. The van der Waals surface area contributed by atoms with Gasteiger partial charge in [-0.2, -0.15) is 5.10 Å². The fourth-order valence-electron chi connectivity index (χ4n) is 2.65. The molecule has 2 heterocycles. The lowest BCUT2D eigenvalue weighted by molar-refractivity contribution is 1.10. The third-order valence-corrected chi connectivity index (χ3v) is 3.99. The highest BCUT2D eigenvalue weighted by molar-refractivity contribution is 5.81. The Hall–Kier alpha value is -3.08. The molecule has 0 aliphatic carbocycles. The molecule has 5 heteroatoms. The second-order valence-corrected chi connectivity index (χ2v) is 5.74. The van der Waals surface area contributed by atoms with Crippen molar-refractivity contribution in [3.05, 3.63) is 54.9 Å². The van der Waals surface area contributed by atoms with Crippen LogP contribution in [0.3, 0.4) is 0 Å². The van der Waals surface area contributed by atoms with Gasteiger partial charge in [0.2, 0.25) is 0 Å². The van der Waals surface area contributed by atoms with Gasteiger partial charge in [-0.1, -0.05) is 18.2 Å². The molecule has 0 spiro atoms. The quantitative estimate of drug-likeness (QED) is 0.607. The van der Waals surface area contributed by atoms with Crippen LogP contribution in [0.5, 0.6) is 0 Å². The van der Waals surface area contributed by atoms with E-state index in [9.17, 15) is 0 Å². The Balaban J connectivity index is 1.67. The van der Waals surface area contributed by atoms with E-state index in [2.05, 4.69) is 61.5 Å². The van der Waals surface area contributed by atoms with Gasteiger partial charge in [-0.3, -0.25) is 5.10 Å². The molecule has 0 radical (unpaired) electrons. The van der Waals surface area contributed by atoms with Gasteiger partial charge in [0.15, 0.2) is 0 Å². The molecule has 0 amide bonds. The first kappa shape index (κ1) is 13.6. The standard InChI is InChI=1S/C18H17N5/c1-23(2)14-6-3-12(4-7-14)16-10-17(22-21-16)13-5-8-15-18(9-13)20-11-19-15/h3-11H,1-2H3,(H,19,20)(H,21,22). The highest BCUT2D eigenvalue weighted by atomic mass is 15.1. The molecular formula is C18H17N5. The molecule has 5 nitrogen and oxygen atoms in total. The molecular weight excluding hydrogens is 286 g/mol. The highest BCUT2D eigenvalue weighted by Gasteiger charge is 2.07. The summed E-state index contributed by atoms with van der Waals surface area (Å²) >= 11 is 0. The number of fused-ring (bicyclic) bond motifs is 1. The topological polar surface area (TPSA) is 60.6 Å². The summed E-state index contributed by atoms with van der Waals surface area (Å²) in [5, 5.41) is 7.56. The van der Waals surface area contributed by atoms with Gasteiger partial charge < -0.3 is 9.88 Å². The Morgan fingerprint density at radius 3 is 2.48 bits per heavy atom. The number of hydrogen-bond acceptors (Lipinski definition) is 3. The number of nitrogens with zero attached hydrogens (tertiary/aromatic N) is 3. The summed E-state index contributed by atoms with van der Waals surface area (Å²) in [6, 6.07) is 16.6. The molecule has 0 atom stereocenters. The van der Waals surface area contributed by atoms with Crippen LogP contribution >= 0.6 is 0 Å². The van der Waals surface area contributed by atoms with Crippen LogP contribution in [0.15, 0.2) is 54.9 Å². The summed E-state index contributed by atoms with van der Waals surface area (Å²) in [5.41, 5.74) is 7.25. The van der Waals surface area contributed by atoms with Gasteiger partial charge in [0.1, 0.15) is 0 Å². The summed E-state index contributed by atoms with van der Waals surface area (Å²) in [4.78, 5) is 9.48. The molecule has 0 aliphatic rings. The number of anilines is 1. The monoisotopic (exact) mass is 303 g/mol. The maximum atomic E-state index is 4.44. The number of hydrogen-bond donors (Lipinski definition) is 2. The molecule has 2 aromatic carbocycles. The fourth-order valence-corrected chi connectivity index (χ4v) is 2.65. The number of rotatable bonds is 3. The zero-order chi connectivity index (χ0) is 15.8. The second-order valence-electron chi connectivity index (χ2n) is 5.74.